The fourth-order valence-corrected chi connectivity index (χ4v) is 2.52. The third kappa shape index (κ3) is 3.72. The second-order valence-electron chi connectivity index (χ2n) is 5.22. The summed E-state index contributed by atoms with van der Waals surface area (Å²) < 4.78 is 0. The smallest absolute Gasteiger partial charge is 0.0742 e. The van der Waals surface area contributed by atoms with Crippen LogP contribution < -0.4 is 5.73 Å². The molecule has 0 aromatic carbocycles. The standard InChI is InChI=1S/C12H24N2S/c1-4-12(3)5-7-14(8-6-12)10(2)9-11(13)15/h10H,4-9H2,1-3H3,(H2,13,15). The normalized spacial score (nSPS) is 23.7. The largest absolute Gasteiger partial charge is 0.393 e. The van der Waals surface area contributed by atoms with Crippen LogP contribution >= 0.6 is 12.2 Å². The molecular weight excluding hydrogens is 204 g/mol. The lowest BCUT2D eigenvalue weighted by molar-refractivity contribution is 0.0888. The van der Waals surface area contributed by atoms with E-state index >= 15 is 0 Å². The molecule has 1 atom stereocenters. The zero-order valence-electron chi connectivity index (χ0n) is 10.3. The van der Waals surface area contributed by atoms with Gasteiger partial charge in [-0.15, -0.1) is 0 Å². The van der Waals surface area contributed by atoms with Crippen LogP contribution in [-0.4, -0.2) is 29.0 Å². The average Bonchev–Trinajstić information content (AvgIpc) is 2.18. The number of hydrogen-bond donors (Lipinski definition) is 1. The van der Waals surface area contributed by atoms with Gasteiger partial charge in [-0.1, -0.05) is 32.5 Å². The summed E-state index contributed by atoms with van der Waals surface area (Å²) in [6, 6.07) is 0.518. The predicted molar refractivity (Wildman–Crippen MR) is 70.1 cm³/mol. The molecule has 2 nitrogen and oxygen atoms in total. The Morgan fingerprint density at radius 2 is 2.00 bits per heavy atom. The van der Waals surface area contributed by atoms with E-state index in [0.717, 1.165) is 6.42 Å². The molecule has 0 aromatic rings. The molecule has 0 spiro atoms. The molecule has 1 aliphatic heterocycles. The monoisotopic (exact) mass is 228 g/mol. The van der Waals surface area contributed by atoms with E-state index in [4.69, 9.17) is 18.0 Å². The van der Waals surface area contributed by atoms with Crippen LogP contribution in [0.4, 0.5) is 0 Å². The van der Waals surface area contributed by atoms with Gasteiger partial charge in [0.15, 0.2) is 0 Å². The topological polar surface area (TPSA) is 29.3 Å². The zero-order valence-corrected chi connectivity index (χ0v) is 11.1. The number of piperidine rings is 1. The Bertz CT molecular complexity index is 220. The van der Waals surface area contributed by atoms with Crippen LogP contribution in [0.15, 0.2) is 0 Å². The zero-order chi connectivity index (χ0) is 11.5. The lowest BCUT2D eigenvalue weighted by atomic mass is 9.78. The number of thiocarbonyl (C=S) groups is 1. The summed E-state index contributed by atoms with van der Waals surface area (Å²) in [4.78, 5) is 3.17. The summed E-state index contributed by atoms with van der Waals surface area (Å²) in [6.45, 7) is 9.34. The van der Waals surface area contributed by atoms with Gasteiger partial charge in [-0.05, 0) is 38.3 Å². The summed E-state index contributed by atoms with van der Waals surface area (Å²) >= 11 is 4.96. The van der Waals surface area contributed by atoms with E-state index in [1.54, 1.807) is 0 Å². The van der Waals surface area contributed by atoms with E-state index < -0.39 is 0 Å². The molecule has 2 N–H and O–H groups in total. The SMILES string of the molecule is CCC1(C)CCN(C(C)CC(N)=S)CC1. The molecule has 0 bridgehead atoms. The molecule has 15 heavy (non-hydrogen) atoms. The van der Waals surface area contributed by atoms with Gasteiger partial charge in [0.05, 0.1) is 4.99 Å². The first-order valence-electron chi connectivity index (χ1n) is 5.99. The van der Waals surface area contributed by atoms with E-state index in [1.807, 2.05) is 0 Å². The van der Waals surface area contributed by atoms with Crippen LogP contribution in [0.1, 0.15) is 46.5 Å². The Labute approximate surface area is 99.2 Å². The maximum atomic E-state index is 5.58. The molecule has 1 heterocycles. The van der Waals surface area contributed by atoms with Gasteiger partial charge in [0.25, 0.3) is 0 Å². The first kappa shape index (κ1) is 12.9. The highest BCUT2D eigenvalue weighted by Crippen LogP contribution is 2.34. The summed E-state index contributed by atoms with van der Waals surface area (Å²) in [5.41, 5.74) is 6.15. The summed E-state index contributed by atoms with van der Waals surface area (Å²) in [6.07, 6.45) is 4.78. The molecule has 1 aliphatic rings. The van der Waals surface area contributed by atoms with Crippen molar-refractivity contribution in [3.8, 4) is 0 Å². The van der Waals surface area contributed by atoms with Crippen LogP contribution in [0.5, 0.6) is 0 Å². The van der Waals surface area contributed by atoms with E-state index in [0.29, 0.717) is 16.4 Å². The molecule has 1 unspecified atom stereocenters. The second-order valence-corrected chi connectivity index (χ2v) is 5.74. The van der Waals surface area contributed by atoms with Crippen molar-refractivity contribution in [2.75, 3.05) is 13.1 Å². The third-order valence-electron chi connectivity index (χ3n) is 3.98. The van der Waals surface area contributed by atoms with Gasteiger partial charge in [-0.3, -0.25) is 0 Å². The fourth-order valence-electron chi connectivity index (χ4n) is 2.28. The van der Waals surface area contributed by atoms with Gasteiger partial charge in [0.2, 0.25) is 0 Å². The van der Waals surface area contributed by atoms with Crippen molar-refractivity contribution < 1.29 is 0 Å². The van der Waals surface area contributed by atoms with Gasteiger partial charge in [-0.2, -0.15) is 0 Å². The number of rotatable bonds is 4. The van der Waals surface area contributed by atoms with Crippen LogP contribution in [0.2, 0.25) is 0 Å². The van der Waals surface area contributed by atoms with Crippen LogP contribution in [0.3, 0.4) is 0 Å². The average molecular weight is 228 g/mol. The van der Waals surface area contributed by atoms with E-state index in [1.165, 1.54) is 32.4 Å². The Morgan fingerprint density at radius 1 is 1.47 bits per heavy atom. The van der Waals surface area contributed by atoms with Crippen molar-refractivity contribution in [1.82, 2.24) is 4.90 Å². The van der Waals surface area contributed by atoms with Crippen molar-refractivity contribution >= 4 is 17.2 Å². The van der Waals surface area contributed by atoms with Crippen molar-refractivity contribution in [2.45, 2.75) is 52.5 Å². The van der Waals surface area contributed by atoms with E-state index in [-0.39, 0.29) is 0 Å². The van der Waals surface area contributed by atoms with Crippen molar-refractivity contribution in [1.29, 1.82) is 0 Å². The number of likely N-dealkylation sites (tertiary alicyclic amines) is 1. The fraction of sp³-hybridized carbons (Fsp3) is 0.917. The number of nitrogens with zero attached hydrogens (tertiary/aromatic N) is 1. The molecular formula is C12H24N2S. The molecule has 0 aromatic heterocycles. The van der Waals surface area contributed by atoms with Crippen molar-refractivity contribution in [3.05, 3.63) is 0 Å². The number of nitrogens with two attached hydrogens (primary N) is 1. The molecule has 88 valence electrons. The molecule has 0 amide bonds. The minimum Gasteiger partial charge on any atom is -0.393 e. The Morgan fingerprint density at radius 3 is 2.40 bits per heavy atom. The molecule has 0 saturated carbocycles. The molecule has 0 radical (unpaired) electrons. The highest BCUT2D eigenvalue weighted by atomic mass is 32.1. The van der Waals surface area contributed by atoms with Gasteiger partial charge >= 0.3 is 0 Å². The summed E-state index contributed by atoms with van der Waals surface area (Å²) in [5, 5.41) is 0. The quantitative estimate of drug-likeness (QED) is 0.750. The Balaban J connectivity index is 2.40. The first-order chi connectivity index (χ1) is 6.97. The lowest BCUT2D eigenvalue weighted by Gasteiger charge is -2.41. The van der Waals surface area contributed by atoms with Gasteiger partial charge in [-0.25, -0.2) is 0 Å². The molecule has 1 fully saturated rings. The maximum Gasteiger partial charge on any atom is 0.0742 e. The van der Waals surface area contributed by atoms with Gasteiger partial charge in [0, 0.05) is 12.5 Å². The van der Waals surface area contributed by atoms with Gasteiger partial charge < -0.3 is 10.6 Å². The third-order valence-corrected chi connectivity index (χ3v) is 4.15. The highest BCUT2D eigenvalue weighted by Gasteiger charge is 2.29. The minimum absolute atomic E-state index is 0.518. The van der Waals surface area contributed by atoms with E-state index in [2.05, 4.69) is 25.7 Å². The van der Waals surface area contributed by atoms with Crippen LogP contribution in [0, 0.1) is 5.41 Å². The highest BCUT2D eigenvalue weighted by molar-refractivity contribution is 7.80. The summed E-state index contributed by atoms with van der Waals surface area (Å²) in [7, 11) is 0. The molecule has 0 aliphatic carbocycles. The Hall–Kier alpha value is -0.150. The van der Waals surface area contributed by atoms with Crippen molar-refractivity contribution in [2.24, 2.45) is 11.1 Å². The minimum atomic E-state index is 0.518. The first-order valence-corrected chi connectivity index (χ1v) is 6.40. The maximum absolute atomic E-state index is 5.58. The van der Waals surface area contributed by atoms with Crippen molar-refractivity contribution in [3.63, 3.8) is 0 Å². The lowest BCUT2D eigenvalue weighted by Crippen LogP contribution is -2.44. The van der Waals surface area contributed by atoms with Crippen LogP contribution in [0.25, 0.3) is 0 Å². The molecule has 1 saturated heterocycles. The number of hydrogen-bond acceptors (Lipinski definition) is 2. The second kappa shape index (κ2) is 5.26. The predicted octanol–water partition coefficient (Wildman–Crippen LogP) is 2.56. The molecule has 1 rings (SSSR count). The Kier molecular flexibility index (Phi) is 4.53. The molecule has 3 heteroatoms. The van der Waals surface area contributed by atoms with E-state index in [9.17, 15) is 0 Å². The summed E-state index contributed by atoms with van der Waals surface area (Å²) in [5.74, 6) is 0. The van der Waals surface area contributed by atoms with Crippen LogP contribution in [-0.2, 0) is 0 Å². The van der Waals surface area contributed by atoms with Gasteiger partial charge in [0.1, 0.15) is 0 Å².